The van der Waals surface area contributed by atoms with Gasteiger partial charge in [0.25, 0.3) is 0 Å². The van der Waals surface area contributed by atoms with Crippen LogP contribution in [0.25, 0.3) is 88.7 Å². The first-order valence-electron chi connectivity index (χ1n) is 16.9. The molecule has 0 fully saturated rings. The average molecular weight is 877 g/mol. The minimum absolute atomic E-state index is 0. The molecule has 9 heteroatoms. The second-order valence-electron chi connectivity index (χ2n) is 13.0. The fourth-order valence-corrected chi connectivity index (χ4v) is 7.49. The number of hydrogen-bond donors (Lipinski definition) is 0. The van der Waals surface area contributed by atoms with E-state index in [2.05, 4.69) is 52.0 Å². The molecule has 5 nitrogen and oxygen atoms in total. The SMILES string of the molecule is Cc1ccc2c(c1)c1ccc(-c3cccc4c3nc(-c3cccc5c3[n-]c3ccccc35)n4-c3ccccc3)[c-]c1n2-c1cc(C(F)(F)F)ccn1.[Pt+2]. The van der Waals surface area contributed by atoms with E-state index in [4.69, 9.17) is 9.97 Å². The zero-order valence-electron chi connectivity index (χ0n) is 28.0. The van der Waals surface area contributed by atoms with E-state index in [-0.39, 0.29) is 26.9 Å². The Balaban J connectivity index is 0.00000372. The van der Waals surface area contributed by atoms with Gasteiger partial charge in [0, 0.05) is 23.0 Å². The summed E-state index contributed by atoms with van der Waals surface area (Å²) < 4.78 is 45.6. The van der Waals surface area contributed by atoms with Crippen molar-refractivity contribution in [1.82, 2.24) is 24.1 Å². The van der Waals surface area contributed by atoms with Crippen LogP contribution in [0.2, 0.25) is 0 Å². The molecule has 0 spiro atoms. The summed E-state index contributed by atoms with van der Waals surface area (Å²) in [5, 5.41) is 3.93. The molecule has 0 bridgehead atoms. The Morgan fingerprint density at radius 3 is 2.28 bits per heavy atom. The smallest absolute Gasteiger partial charge is 0.656 e. The molecule has 0 atom stereocenters. The molecular formula is C44H26F3N5Pt. The third-order valence-corrected chi connectivity index (χ3v) is 9.83. The van der Waals surface area contributed by atoms with E-state index in [1.165, 1.54) is 6.20 Å². The number of halogens is 3. The molecular weight excluding hydrogens is 851 g/mol. The molecule has 53 heavy (non-hydrogen) atoms. The van der Waals surface area contributed by atoms with Gasteiger partial charge in [-0.15, -0.1) is 34.8 Å². The number of nitrogens with zero attached hydrogens (tertiary/aromatic N) is 5. The van der Waals surface area contributed by atoms with Crippen molar-refractivity contribution in [1.29, 1.82) is 0 Å². The van der Waals surface area contributed by atoms with Crippen LogP contribution < -0.4 is 4.98 Å². The normalized spacial score (nSPS) is 12.0. The van der Waals surface area contributed by atoms with E-state index in [1.807, 2.05) is 91.9 Å². The summed E-state index contributed by atoms with van der Waals surface area (Å²) in [5.74, 6) is 0.921. The zero-order valence-corrected chi connectivity index (χ0v) is 30.2. The average Bonchev–Trinajstić information content (AvgIpc) is 3.84. The fourth-order valence-electron chi connectivity index (χ4n) is 7.49. The third kappa shape index (κ3) is 5.19. The van der Waals surface area contributed by atoms with E-state index in [1.54, 1.807) is 4.57 Å². The second kappa shape index (κ2) is 12.3. The summed E-state index contributed by atoms with van der Waals surface area (Å²) in [7, 11) is 0. The number of rotatable bonds is 4. The first kappa shape index (κ1) is 32.9. The largest absolute Gasteiger partial charge is 2.00 e. The molecule has 0 saturated carbocycles. The van der Waals surface area contributed by atoms with Gasteiger partial charge in [-0.2, -0.15) is 13.2 Å². The predicted octanol–water partition coefficient (Wildman–Crippen LogP) is 11.2. The molecule has 4 aromatic heterocycles. The van der Waals surface area contributed by atoms with Crippen LogP contribution in [0.15, 0.2) is 140 Å². The van der Waals surface area contributed by atoms with E-state index < -0.39 is 11.7 Å². The van der Waals surface area contributed by atoms with E-state index >= 15 is 0 Å². The monoisotopic (exact) mass is 876 g/mol. The third-order valence-electron chi connectivity index (χ3n) is 9.83. The van der Waals surface area contributed by atoms with Crippen LogP contribution in [0.3, 0.4) is 0 Å². The summed E-state index contributed by atoms with van der Waals surface area (Å²) in [4.78, 5) is 14.8. The van der Waals surface area contributed by atoms with Crippen molar-refractivity contribution in [2.75, 3.05) is 0 Å². The molecule has 10 aromatic rings. The number of hydrogen-bond acceptors (Lipinski definition) is 2. The molecule has 0 N–H and O–H groups in total. The Labute approximate surface area is 315 Å². The molecule has 10 rings (SSSR count). The number of para-hydroxylation sites is 4. The van der Waals surface area contributed by atoms with Gasteiger partial charge in [0.05, 0.1) is 16.6 Å². The number of fused-ring (bicyclic) bond motifs is 7. The standard InChI is InChI=1S/C44H26F3N5.Pt/c1-26-17-20-37-35(23-26)32-19-18-27(24-39(32)52(37)40-25-28(21-22-48-40)44(45,46)47)30-12-8-16-38-42(30)50-43(51(38)29-9-3-2-4-10-29)34-14-7-13-33-31-11-5-6-15-36(31)49-41(33)34;/h2-23,25H,1H3;/q-2;+2. The second-order valence-corrected chi connectivity index (χ2v) is 13.0. The summed E-state index contributed by atoms with van der Waals surface area (Å²) in [6.07, 6.45) is -3.31. The molecule has 6 aromatic carbocycles. The summed E-state index contributed by atoms with van der Waals surface area (Å²) >= 11 is 0. The number of aromatic nitrogens is 5. The van der Waals surface area contributed by atoms with Crippen LogP contribution in [0.4, 0.5) is 13.2 Å². The summed E-state index contributed by atoms with van der Waals surface area (Å²) in [5.41, 5.74) is 8.58. The van der Waals surface area contributed by atoms with Crippen molar-refractivity contribution in [3.05, 3.63) is 157 Å². The fraction of sp³-hybridized carbons (Fsp3) is 0.0455. The van der Waals surface area contributed by atoms with Crippen molar-refractivity contribution in [3.63, 3.8) is 0 Å². The van der Waals surface area contributed by atoms with Crippen LogP contribution in [0.5, 0.6) is 0 Å². The minimum Gasteiger partial charge on any atom is -0.656 e. The number of aryl methyl sites for hydroxylation is 1. The predicted molar refractivity (Wildman–Crippen MR) is 201 cm³/mol. The Morgan fingerprint density at radius 1 is 0.660 bits per heavy atom. The van der Waals surface area contributed by atoms with Gasteiger partial charge >= 0.3 is 27.2 Å². The van der Waals surface area contributed by atoms with Gasteiger partial charge in [-0.3, -0.25) is 4.57 Å². The van der Waals surface area contributed by atoms with Gasteiger partial charge in [-0.1, -0.05) is 101 Å². The molecule has 0 aliphatic rings. The number of pyridine rings is 1. The number of alkyl halides is 3. The van der Waals surface area contributed by atoms with E-state index in [0.29, 0.717) is 5.52 Å². The number of imidazole rings is 1. The van der Waals surface area contributed by atoms with Gasteiger partial charge < -0.3 is 9.55 Å². The van der Waals surface area contributed by atoms with Gasteiger partial charge in [0.1, 0.15) is 11.6 Å². The van der Waals surface area contributed by atoms with Gasteiger partial charge in [0.2, 0.25) is 0 Å². The van der Waals surface area contributed by atoms with Crippen molar-refractivity contribution in [2.24, 2.45) is 0 Å². The molecule has 258 valence electrons. The summed E-state index contributed by atoms with van der Waals surface area (Å²) in [6, 6.07) is 46.2. The Bertz CT molecular complexity index is 3030. The van der Waals surface area contributed by atoms with Gasteiger partial charge in [-0.25, -0.2) is 9.97 Å². The number of benzene rings is 6. The maximum atomic E-state index is 13.9. The quantitative estimate of drug-likeness (QED) is 0.166. The van der Waals surface area contributed by atoms with Crippen LogP contribution in [-0.4, -0.2) is 19.1 Å². The Kier molecular flexibility index (Phi) is 7.64. The molecule has 0 aliphatic carbocycles. The Hall–Kier alpha value is -5.98. The maximum Gasteiger partial charge on any atom is 2.00 e. The van der Waals surface area contributed by atoms with Crippen LogP contribution in [-0.2, 0) is 27.2 Å². The van der Waals surface area contributed by atoms with Crippen molar-refractivity contribution in [3.8, 4) is 34.0 Å². The van der Waals surface area contributed by atoms with Crippen LogP contribution in [0, 0.1) is 13.0 Å². The van der Waals surface area contributed by atoms with Crippen molar-refractivity contribution < 1.29 is 34.2 Å². The van der Waals surface area contributed by atoms with Crippen molar-refractivity contribution in [2.45, 2.75) is 13.1 Å². The summed E-state index contributed by atoms with van der Waals surface area (Å²) in [6.45, 7) is 2.00. The topological polar surface area (TPSA) is 49.7 Å². The van der Waals surface area contributed by atoms with E-state index in [9.17, 15) is 13.2 Å². The minimum atomic E-state index is -4.51. The Morgan fingerprint density at radius 2 is 1.43 bits per heavy atom. The molecule has 0 saturated heterocycles. The van der Waals surface area contributed by atoms with Gasteiger partial charge in [0.15, 0.2) is 0 Å². The van der Waals surface area contributed by atoms with Gasteiger partial charge in [-0.05, 0) is 65.0 Å². The molecule has 4 heterocycles. The van der Waals surface area contributed by atoms with Crippen LogP contribution >= 0.6 is 0 Å². The maximum absolute atomic E-state index is 13.9. The van der Waals surface area contributed by atoms with E-state index in [0.717, 1.165) is 95.0 Å². The first-order valence-corrected chi connectivity index (χ1v) is 16.9. The molecule has 0 radical (unpaired) electrons. The van der Waals surface area contributed by atoms with Crippen molar-refractivity contribution >= 4 is 54.6 Å². The molecule has 0 amide bonds. The van der Waals surface area contributed by atoms with Crippen LogP contribution in [0.1, 0.15) is 11.1 Å². The molecule has 0 aliphatic heterocycles. The molecule has 0 unspecified atom stereocenters. The first-order chi connectivity index (χ1) is 25.3. The zero-order chi connectivity index (χ0) is 35.1.